The molecule has 21 heavy (non-hydrogen) atoms. The fourth-order valence-electron chi connectivity index (χ4n) is 2.70. The fraction of sp³-hybridized carbons (Fsp3) is 0.615. The number of halogens is 2. The van der Waals surface area contributed by atoms with Crippen LogP contribution < -0.4 is 4.90 Å². The molecule has 2 aliphatic rings. The van der Waals surface area contributed by atoms with Gasteiger partial charge in [-0.15, -0.1) is 0 Å². The summed E-state index contributed by atoms with van der Waals surface area (Å²) in [6.45, 7) is 0.964. The lowest BCUT2D eigenvalue weighted by Crippen LogP contribution is -2.28. The molecule has 0 saturated carbocycles. The molecule has 0 aliphatic carbocycles. The van der Waals surface area contributed by atoms with E-state index in [0.29, 0.717) is 18.9 Å². The Hall–Kier alpha value is -1.28. The van der Waals surface area contributed by atoms with Gasteiger partial charge in [-0.2, -0.15) is 4.31 Å². The number of sulfonamides is 1. The Balaban J connectivity index is 1.78. The molecular weight excluding hydrogens is 300 g/mol. The smallest absolute Gasteiger partial charge is 0.244 e. The van der Waals surface area contributed by atoms with Crippen molar-refractivity contribution in [1.82, 2.24) is 9.29 Å². The van der Waals surface area contributed by atoms with Gasteiger partial charge in [0.2, 0.25) is 10.0 Å². The second-order valence-corrected chi connectivity index (χ2v) is 7.34. The maximum atomic E-state index is 13.2. The summed E-state index contributed by atoms with van der Waals surface area (Å²) in [5, 5.41) is 0. The first-order valence-corrected chi connectivity index (χ1v) is 8.42. The molecule has 0 amide bonds. The van der Waals surface area contributed by atoms with Gasteiger partial charge >= 0.3 is 0 Å². The van der Waals surface area contributed by atoms with Crippen LogP contribution in [0.25, 0.3) is 0 Å². The summed E-state index contributed by atoms with van der Waals surface area (Å²) in [4.78, 5) is 5.67. The Kier molecular flexibility index (Phi) is 3.83. The van der Waals surface area contributed by atoms with Crippen LogP contribution in [0.1, 0.15) is 12.8 Å². The highest BCUT2D eigenvalue weighted by Crippen LogP contribution is 2.25. The minimum absolute atomic E-state index is 0.0492. The molecule has 0 unspecified atom stereocenters. The highest BCUT2D eigenvalue weighted by Gasteiger charge is 2.34. The quantitative estimate of drug-likeness (QED) is 0.845. The first-order chi connectivity index (χ1) is 9.98. The van der Waals surface area contributed by atoms with Crippen LogP contribution in [0.4, 0.5) is 14.6 Å². The lowest BCUT2D eigenvalue weighted by Gasteiger charge is -2.18. The molecular formula is C13H17F2N3O2S. The summed E-state index contributed by atoms with van der Waals surface area (Å²) in [5.41, 5.74) is 0. The number of nitrogens with zero attached hydrogens (tertiary/aromatic N) is 3. The number of rotatable bonds is 3. The van der Waals surface area contributed by atoms with Gasteiger partial charge in [-0.1, -0.05) is 0 Å². The fourth-order valence-corrected chi connectivity index (χ4v) is 4.16. The van der Waals surface area contributed by atoms with Crippen molar-refractivity contribution in [3.8, 4) is 0 Å². The predicted molar refractivity (Wildman–Crippen MR) is 74.2 cm³/mol. The molecule has 2 atom stereocenters. The standard InChI is InChI=1S/C13H17F2N3O2S/c14-11-8-17(9-12(11)15)13-4-3-10(7-16-13)21(19,20)18-5-1-2-6-18/h3-4,7,11-12H,1-2,5-6,8-9H2/t11-,12+. The lowest BCUT2D eigenvalue weighted by atomic mass is 10.3. The number of hydrogen-bond donors (Lipinski definition) is 0. The van der Waals surface area contributed by atoms with Crippen molar-refractivity contribution in [1.29, 1.82) is 0 Å². The van der Waals surface area contributed by atoms with E-state index in [9.17, 15) is 17.2 Å². The van der Waals surface area contributed by atoms with Gasteiger partial charge in [-0.05, 0) is 25.0 Å². The van der Waals surface area contributed by atoms with Gasteiger partial charge in [-0.25, -0.2) is 22.2 Å². The van der Waals surface area contributed by atoms with E-state index in [2.05, 4.69) is 4.98 Å². The minimum atomic E-state index is -3.50. The zero-order chi connectivity index (χ0) is 15.0. The van der Waals surface area contributed by atoms with Crippen LogP contribution in [0.2, 0.25) is 0 Å². The Morgan fingerprint density at radius 1 is 1.10 bits per heavy atom. The Bertz CT molecular complexity index is 592. The van der Waals surface area contributed by atoms with Crippen molar-refractivity contribution >= 4 is 15.8 Å². The Morgan fingerprint density at radius 3 is 2.24 bits per heavy atom. The van der Waals surface area contributed by atoms with E-state index in [1.807, 2.05) is 0 Å². The van der Waals surface area contributed by atoms with Crippen molar-refractivity contribution in [2.24, 2.45) is 0 Å². The van der Waals surface area contributed by atoms with Gasteiger partial charge in [0.05, 0.1) is 13.1 Å². The van der Waals surface area contributed by atoms with Crippen LogP contribution in [-0.4, -0.2) is 56.2 Å². The van der Waals surface area contributed by atoms with E-state index in [0.717, 1.165) is 12.8 Å². The van der Waals surface area contributed by atoms with Crippen LogP contribution >= 0.6 is 0 Å². The average molecular weight is 317 g/mol. The van der Waals surface area contributed by atoms with E-state index in [1.54, 1.807) is 0 Å². The number of pyridine rings is 1. The first-order valence-electron chi connectivity index (χ1n) is 6.98. The van der Waals surface area contributed by atoms with Crippen molar-refractivity contribution in [3.05, 3.63) is 18.3 Å². The molecule has 1 aromatic rings. The maximum Gasteiger partial charge on any atom is 0.244 e. The van der Waals surface area contributed by atoms with Crippen molar-refractivity contribution in [2.45, 2.75) is 30.1 Å². The topological polar surface area (TPSA) is 53.5 Å². The normalized spacial score (nSPS) is 27.4. The summed E-state index contributed by atoms with van der Waals surface area (Å²) in [6.07, 6.45) is -0.0238. The second kappa shape index (κ2) is 5.49. The van der Waals surface area contributed by atoms with Gasteiger partial charge < -0.3 is 4.90 Å². The molecule has 0 aromatic carbocycles. The molecule has 0 N–H and O–H groups in total. The highest BCUT2D eigenvalue weighted by molar-refractivity contribution is 7.89. The average Bonchev–Trinajstić information content (AvgIpc) is 3.10. The minimum Gasteiger partial charge on any atom is -0.351 e. The zero-order valence-corrected chi connectivity index (χ0v) is 12.3. The van der Waals surface area contributed by atoms with Crippen molar-refractivity contribution in [3.63, 3.8) is 0 Å². The SMILES string of the molecule is O=S(=O)(c1ccc(N2C[C@@H](F)[C@@H](F)C2)nc1)N1CCCC1. The molecule has 3 heterocycles. The molecule has 8 heteroatoms. The summed E-state index contributed by atoms with van der Waals surface area (Å²) in [6, 6.07) is 2.96. The van der Waals surface area contributed by atoms with Crippen LogP contribution in [0.3, 0.4) is 0 Å². The maximum absolute atomic E-state index is 13.2. The Morgan fingerprint density at radius 2 is 1.71 bits per heavy atom. The molecule has 116 valence electrons. The third-order valence-corrected chi connectivity index (χ3v) is 5.81. The first kappa shape index (κ1) is 14.6. The summed E-state index contributed by atoms with van der Waals surface area (Å²) < 4.78 is 52.4. The predicted octanol–water partition coefficient (Wildman–Crippen LogP) is 1.36. The molecule has 5 nitrogen and oxygen atoms in total. The van der Waals surface area contributed by atoms with E-state index in [4.69, 9.17) is 0 Å². The molecule has 0 bridgehead atoms. The van der Waals surface area contributed by atoms with Crippen LogP contribution in [-0.2, 0) is 10.0 Å². The van der Waals surface area contributed by atoms with E-state index in [1.165, 1.54) is 27.5 Å². The van der Waals surface area contributed by atoms with Crippen LogP contribution in [0.5, 0.6) is 0 Å². The van der Waals surface area contributed by atoms with Crippen LogP contribution in [0, 0.1) is 0 Å². The molecule has 3 rings (SSSR count). The summed E-state index contributed by atoms with van der Waals surface area (Å²) >= 11 is 0. The number of hydrogen-bond acceptors (Lipinski definition) is 4. The number of alkyl halides is 2. The van der Waals surface area contributed by atoms with E-state index >= 15 is 0 Å². The van der Waals surface area contributed by atoms with E-state index in [-0.39, 0.29) is 18.0 Å². The number of anilines is 1. The monoisotopic (exact) mass is 317 g/mol. The molecule has 2 saturated heterocycles. The van der Waals surface area contributed by atoms with Gasteiger partial charge in [-0.3, -0.25) is 0 Å². The number of aromatic nitrogens is 1. The van der Waals surface area contributed by atoms with E-state index < -0.39 is 22.4 Å². The second-order valence-electron chi connectivity index (χ2n) is 5.40. The van der Waals surface area contributed by atoms with Crippen molar-refractivity contribution < 1.29 is 17.2 Å². The molecule has 2 fully saturated rings. The summed E-state index contributed by atoms with van der Waals surface area (Å²) in [7, 11) is -3.50. The summed E-state index contributed by atoms with van der Waals surface area (Å²) in [5.74, 6) is 0.401. The van der Waals surface area contributed by atoms with Gasteiger partial charge in [0.25, 0.3) is 0 Å². The third kappa shape index (κ3) is 2.74. The van der Waals surface area contributed by atoms with Gasteiger partial charge in [0, 0.05) is 19.3 Å². The van der Waals surface area contributed by atoms with Crippen molar-refractivity contribution in [2.75, 3.05) is 31.1 Å². The van der Waals surface area contributed by atoms with Crippen LogP contribution in [0.15, 0.2) is 23.2 Å². The Labute approximate surface area is 122 Å². The molecule has 2 aliphatic heterocycles. The largest absolute Gasteiger partial charge is 0.351 e. The lowest BCUT2D eigenvalue weighted by molar-refractivity contribution is 0.217. The zero-order valence-electron chi connectivity index (χ0n) is 11.5. The highest BCUT2D eigenvalue weighted by atomic mass is 32.2. The molecule has 0 radical (unpaired) electrons. The molecule has 1 aromatic heterocycles. The third-order valence-electron chi connectivity index (χ3n) is 3.93. The van der Waals surface area contributed by atoms with Gasteiger partial charge in [0.15, 0.2) is 12.3 Å². The molecule has 0 spiro atoms. The van der Waals surface area contributed by atoms with Gasteiger partial charge in [0.1, 0.15) is 10.7 Å².